The molecule has 23 heavy (non-hydrogen) atoms. The van der Waals surface area contributed by atoms with Gasteiger partial charge < -0.3 is 14.5 Å². The lowest BCUT2D eigenvalue weighted by Crippen LogP contribution is -2.56. The molecule has 3 fully saturated rings. The lowest BCUT2D eigenvalue weighted by molar-refractivity contribution is -0.128. The predicted molar refractivity (Wildman–Crippen MR) is 91.4 cm³/mol. The highest BCUT2D eigenvalue weighted by Gasteiger charge is 2.33. The number of nitrogens with zero attached hydrogens (tertiary/aromatic N) is 3. The molecule has 0 aromatic carbocycles. The molecule has 0 aromatic rings. The van der Waals surface area contributed by atoms with E-state index >= 15 is 0 Å². The van der Waals surface area contributed by atoms with Gasteiger partial charge in [-0.3, -0.25) is 9.69 Å². The Morgan fingerprint density at radius 3 is 2.61 bits per heavy atom. The number of carbonyl (C=O) groups is 1. The molecular formula is C18H33N3O2. The Kier molecular flexibility index (Phi) is 5.60. The number of likely N-dealkylation sites (tertiary alicyclic amines) is 2. The van der Waals surface area contributed by atoms with Crippen molar-refractivity contribution < 1.29 is 9.53 Å². The van der Waals surface area contributed by atoms with Crippen LogP contribution in [0.5, 0.6) is 0 Å². The normalized spacial score (nSPS) is 28.5. The van der Waals surface area contributed by atoms with Crippen molar-refractivity contribution in [3.63, 3.8) is 0 Å². The van der Waals surface area contributed by atoms with Crippen molar-refractivity contribution in [3.8, 4) is 0 Å². The maximum absolute atomic E-state index is 11.9. The van der Waals surface area contributed by atoms with Gasteiger partial charge in [0.05, 0.1) is 13.2 Å². The number of hydrogen-bond donors (Lipinski definition) is 0. The Labute approximate surface area is 140 Å². The van der Waals surface area contributed by atoms with Gasteiger partial charge in [0, 0.05) is 51.2 Å². The summed E-state index contributed by atoms with van der Waals surface area (Å²) in [5, 5.41) is 0. The highest BCUT2D eigenvalue weighted by atomic mass is 16.5. The van der Waals surface area contributed by atoms with Crippen molar-refractivity contribution in [1.29, 1.82) is 0 Å². The van der Waals surface area contributed by atoms with E-state index in [1.807, 2.05) is 0 Å². The second-order valence-electron chi connectivity index (χ2n) is 8.10. The zero-order chi connectivity index (χ0) is 16.3. The first-order chi connectivity index (χ1) is 11.0. The molecule has 3 aliphatic heterocycles. The maximum Gasteiger partial charge on any atom is 0.222 e. The standard InChI is InChI=1S/C18H33N3O2/c1-18(2,21-9-11-23-12-10-21)15-19-7-3-5-16(13-19)14-20-8-4-6-17(20)22/h16H,3-15H2,1-2H3/t16-/m0/s1. The van der Waals surface area contributed by atoms with Crippen LogP contribution >= 0.6 is 0 Å². The largest absolute Gasteiger partial charge is 0.379 e. The van der Waals surface area contributed by atoms with Crippen LogP contribution in [0, 0.1) is 5.92 Å². The number of carbonyl (C=O) groups excluding carboxylic acids is 1. The number of ether oxygens (including phenoxy) is 1. The maximum atomic E-state index is 11.9. The van der Waals surface area contributed by atoms with Gasteiger partial charge in [0.15, 0.2) is 0 Å². The number of amides is 1. The first-order valence-electron chi connectivity index (χ1n) is 9.37. The summed E-state index contributed by atoms with van der Waals surface area (Å²) < 4.78 is 5.49. The zero-order valence-electron chi connectivity index (χ0n) is 14.9. The molecule has 1 amide bonds. The van der Waals surface area contributed by atoms with Crippen LogP contribution in [-0.4, -0.2) is 85.2 Å². The van der Waals surface area contributed by atoms with E-state index in [0.29, 0.717) is 11.8 Å². The summed E-state index contributed by atoms with van der Waals surface area (Å²) >= 11 is 0. The number of hydrogen-bond acceptors (Lipinski definition) is 4. The molecule has 5 nitrogen and oxygen atoms in total. The van der Waals surface area contributed by atoms with Crippen molar-refractivity contribution in [1.82, 2.24) is 14.7 Å². The van der Waals surface area contributed by atoms with E-state index in [0.717, 1.165) is 65.3 Å². The average Bonchev–Trinajstić information content (AvgIpc) is 2.93. The van der Waals surface area contributed by atoms with E-state index in [-0.39, 0.29) is 5.54 Å². The SMILES string of the molecule is CC(C)(CN1CCC[C@H](CN2CCCC2=O)C1)N1CCOCC1. The van der Waals surface area contributed by atoms with Crippen LogP contribution in [0.4, 0.5) is 0 Å². The fourth-order valence-corrected chi connectivity index (χ4v) is 4.47. The molecule has 132 valence electrons. The van der Waals surface area contributed by atoms with Crippen LogP contribution < -0.4 is 0 Å². The van der Waals surface area contributed by atoms with Crippen LogP contribution in [0.2, 0.25) is 0 Å². The Morgan fingerprint density at radius 1 is 1.13 bits per heavy atom. The van der Waals surface area contributed by atoms with Crippen LogP contribution in [0.15, 0.2) is 0 Å². The molecule has 3 aliphatic rings. The average molecular weight is 323 g/mol. The number of piperidine rings is 1. The third kappa shape index (κ3) is 4.46. The summed E-state index contributed by atoms with van der Waals surface area (Å²) in [7, 11) is 0. The molecule has 1 atom stereocenters. The van der Waals surface area contributed by atoms with Crippen molar-refractivity contribution in [2.75, 3.05) is 59.0 Å². The first-order valence-corrected chi connectivity index (χ1v) is 9.37. The number of rotatable bonds is 5. The lowest BCUT2D eigenvalue weighted by atomic mass is 9.94. The third-order valence-electron chi connectivity index (χ3n) is 5.73. The lowest BCUT2D eigenvalue weighted by Gasteiger charge is -2.45. The molecule has 0 saturated carbocycles. The predicted octanol–water partition coefficient (Wildman–Crippen LogP) is 1.43. The molecule has 5 heteroatoms. The van der Waals surface area contributed by atoms with E-state index in [4.69, 9.17) is 4.74 Å². The molecule has 3 saturated heterocycles. The quantitative estimate of drug-likeness (QED) is 0.767. The summed E-state index contributed by atoms with van der Waals surface area (Å²) in [5.41, 5.74) is 0.204. The fraction of sp³-hybridized carbons (Fsp3) is 0.944. The highest BCUT2D eigenvalue weighted by molar-refractivity contribution is 5.78. The van der Waals surface area contributed by atoms with Crippen LogP contribution in [0.1, 0.15) is 39.5 Å². The summed E-state index contributed by atoms with van der Waals surface area (Å²) in [5.74, 6) is 1.03. The van der Waals surface area contributed by atoms with Gasteiger partial charge in [0.25, 0.3) is 0 Å². The van der Waals surface area contributed by atoms with E-state index in [9.17, 15) is 4.79 Å². The monoisotopic (exact) mass is 323 g/mol. The second kappa shape index (κ2) is 7.49. The van der Waals surface area contributed by atoms with Gasteiger partial charge in [0.2, 0.25) is 5.91 Å². The van der Waals surface area contributed by atoms with Crippen molar-refractivity contribution >= 4 is 5.91 Å². The summed E-state index contributed by atoms with van der Waals surface area (Å²) in [6.07, 6.45) is 4.37. The number of morpholine rings is 1. The van der Waals surface area contributed by atoms with Crippen molar-refractivity contribution in [2.45, 2.75) is 45.1 Å². The zero-order valence-corrected chi connectivity index (χ0v) is 14.9. The Morgan fingerprint density at radius 2 is 1.91 bits per heavy atom. The van der Waals surface area contributed by atoms with Gasteiger partial charge in [-0.1, -0.05) is 0 Å². The summed E-state index contributed by atoms with van der Waals surface area (Å²) in [6, 6.07) is 0. The van der Waals surface area contributed by atoms with E-state index in [1.165, 1.54) is 19.4 Å². The molecular weight excluding hydrogens is 290 g/mol. The summed E-state index contributed by atoms with van der Waals surface area (Å²) in [4.78, 5) is 19.2. The fourth-order valence-electron chi connectivity index (χ4n) is 4.47. The Hall–Kier alpha value is -0.650. The second-order valence-corrected chi connectivity index (χ2v) is 8.10. The van der Waals surface area contributed by atoms with Gasteiger partial charge in [-0.25, -0.2) is 0 Å². The Balaban J connectivity index is 1.50. The van der Waals surface area contributed by atoms with Gasteiger partial charge >= 0.3 is 0 Å². The van der Waals surface area contributed by atoms with E-state index in [2.05, 4.69) is 28.5 Å². The van der Waals surface area contributed by atoms with Gasteiger partial charge in [-0.2, -0.15) is 0 Å². The van der Waals surface area contributed by atoms with Crippen molar-refractivity contribution in [2.24, 2.45) is 5.92 Å². The molecule has 0 aliphatic carbocycles. The summed E-state index contributed by atoms with van der Waals surface area (Å²) in [6.45, 7) is 14.0. The molecule has 3 rings (SSSR count). The van der Waals surface area contributed by atoms with Crippen LogP contribution in [-0.2, 0) is 9.53 Å². The topological polar surface area (TPSA) is 36.0 Å². The van der Waals surface area contributed by atoms with Gasteiger partial charge in [-0.15, -0.1) is 0 Å². The smallest absolute Gasteiger partial charge is 0.222 e. The highest BCUT2D eigenvalue weighted by Crippen LogP contribution is 2.24. The minimum absolute atomic E-state index is 0.204. The van der Waals surface area contributed by atoms with Crippen LogP contribution in [0.3, 0.4) is 0 Å². The van der Waals surface area contributed by atoms with E-state index < -0.39 is 0 Å². The molecule has 0 radical (unpaired) electrons. The molecule has 0 spiro atoms. The molecule has 0 bridgehead atoms. The van der Waals surface area contributed by atoms with Gasteiger partial charge in [-0.05, 0) is 45.6 Å². The molecule has 3 heterocycles. The molecule has 0 aromatic heterocycles. The molecule has 0 N–H and O–H groups in total. The first kappa shape index (κ1) is 17.2. The van der Waals surface area contributed by atoms with Gasteiger partial charge in [0.1, 0.15) is 0 Å². The van der Waals surface area contributed by atoms with E-state index in [1.54, 1.807) is 0 Å². The minimum Gasteiger partial charge on any atom is -0.379 e. The minimum atomic E-state index is 0.204. The molecule has 0 unspecified atom stereocenters. The van der Waals surface area contributed by atoms with Crippen molar-refractivity contribution in [3.05, 3.63) is 0 Å². The Bertz CT molecular complexity index is 407. The van der Waals surface area contributed by atoms with Crippen LogP contribution in [0.25, 0.3) is 0 Å². The third-order valence-corrected chi connectivity index (χ3v) is 5.73.